The van der Waals surface area contributed by atoms with Crippen LogP contribution in [0, 0.1) is 0 Å². The van der Waals surface area contributed by atoms with Gasteiger partial charge in [-0.3, -0.25) is 4.98 Å². The smallest absolute Gasteiger partial charge is 0.222 e. The summed E-state index contributed by atoms with van der Waals surface area (Å²) in [6.07, 6.45) is 7.99. The van der Waals surface area contributed by atoms with Crippen molar-refractivity contribution in [2.75, 3.05) is 17.6 Å². The van der Waals surface area contributed by atoms with Crippen molar-refractivity contribution in [1.29, 1.82) is 0 Å². The summed E-state index contributed by atoms with van der Waals surface area (Å²) >= 11 is 1.89. The van der Waals surface area contributed by atoms with Gasteiger partial charge in [0.2, 0.25) is 5.95 Å². The maximum atomic E-state index is 5.94. The molecule has 0 bridgehead atoms. The lowest BCUT2D eigenvalue weighted by Gasteiger charge is -2.10. The molecule has 5 nitrogen and oxygen atoms in total. The standard InChI is InChI=1S/C19H20N4OS/c1-2-8-18(24-17-7-3-9-20-14-17)16(6-1)15-25-13-5-12-23-19-21-10-4-11-22-19/h1-4,6-11,14H,5,12-13,15H2,(H,21,22,23). The maximum Gasteiger partial charge on any atom is 0.222 e. The van der Waals surface area contributed by atoms with Crippen LogP contribution in [0.5, 0.6) is 11.5 Å². The minimum Gasteiger partial charge on any atom is -0.455 e. The zero-order valence-corrected chi connectivity index (χ0v) is 14.7. The molecule has 0 unspecified atom stereocenters. The highest BCUT2D eigenvalue weighted by Gasteiger charge is 2.04. The molecule has 0 radical (unpaired) electrons. The Kier molecular flexibility index (Phi) is 6.64. The van der Waals surface area contributed by atoms with Crippen LogP contribution in [-0.4, -0.2) is 27.2 Å². The second kappa shape index (κ2) is 9.64. The predicted molar refractivity (Wildman–Crippen MR) is 102 cm³/mol. The molecule has 0 fully saturated rings. The summed E-state index contributed by atoms with van der Waals surface area (Å²) in [4.78, 5) is 12.4. The zero-order chi connectivity index (χ0) is 17.2. The van der Waals surface area contributed by atoms with Gasteiger partial charge in [-0.05, 0) is 36.4 Å². The van der Waals surface area contributed by atoms with E-state index in [-0.39, 0.29) is 0 Å². The van der Waals surface area contributed by atoms with Gasteiger partial charge in [-0.15, -0.1) is 0 Å². The van der Waals surface area contributed by atoms with Crippen LogP contribution in [0.25, 0.3) is 0 Å². The summed E-state index contributed by atoms with van der Waals surface area (Å²) in [6, 6.07) is 13.7. The van der Waals surface area contributed by atoms with Crippen molar-refractivity contribution in [3.8, 4) is 11.5 Å². The third-order valence-electron chi connectivity index (χ3n) is 3.41. The van der Waals surface area contributed by atoms with E-state index in [1.165, 1.54) is 5.56 Å². The van der Waals surface area contributed by atoms with Crippen LogP contribution in [0.2, 0.25) is 0 Å². The first kappa shape index (κ1) is 17.2. The molecule has 1 aromatic carbocycles. The van der Waals surface area contributed by atoms with Crippen molar-refractivity contribution in [1.82, 2.24) is 15.0 Å². The fraction of sp³-hybridized carbons (Fsp3) is 0.211. The number of aromatic nitrogens is 3. The van der Waals surface area contributed by atoms with Gasteiger partial charge in [0.25, 0.3) is 0 Å². The number of nitrogens with one attached hydrogen (secondary N) is 1. The number of nitrogens with zero attached hydrogens (tertiary/aromatic N) is 3. The van der Waals surface area contributed by atoms with E-state index in [2.05, 4.69) is 26.3 Å². The van der Waals surface area contributed by atoms with Gasteiger partial charge >= 0.3 is 0 Å². The van der Waals surface area contributed by atoms with Crippen LogP contribution in [0.4, 0.5) is 5.95 Å². The zero-order valence-electron chi connectivity index (χ0n) is 13.8. The summed E-state index contributed by atoms with van der Waals surface area (Å²) < 4.78 is 5.94. The van der Waals surface area contributed by atoms with Gasteiger partial charge in [-0.2, -0.15) is 11.8 Å². The first-order valence-electron chi connectivity index (χ1n) is 8.16. The highest BCUT2D eigenvalue weighted by atomic mass is 32.2. The molecule has 0 aliphatic heterocycles. The molecule has 0 spiro atoms. The number of hydrogen-bond acceptors (Lipinski definition) is 6. The van der Waals surface area contributed by atoms with Crippen LogP contribution in [0.3, 0.4) is 0 Å². The van der Waals surface area contributed by atoms with E-state index in [4.69, 9.17) is 4.74 Å². The number of thioether (sulfide) groups is 1. The maximum absolute atomic E-state index is 5.94. The van der Waals surface area contributed by atoms with Crippen molar-refractivity contribution in [3.05, 3.63) is 72.8 Å². The van der Waals surface area contributed by atoms with E-state index in [1.54, 1.807) is 24.8 Å². The Morgan fingerprint density at radius 3 is 2.68 bits per heavy atom. The van der Waals surface area contributed by atoms with Gasteiger partial charge in [-0.1, -0.05) is 18.2 Å². The van der Waals surface area contributed by atoms with E-state index in [0.717, 1.165) is 36.0 Å². The molecular formula is C19H20N4OS. The summed E-state index contributed by atoms with van der Waals surface area (Å²) in [5.41, 5.74) is 1.19. The Bertz CT molecular complexity index is 756. The number of ether oxygens (including phenoxy) is 1. The van der Waals surface area contributed by atoms with Crippen LogP contribution >= 0.6 is 11.8 Å². The third kappa shape index (κ3) is 5.76. The molecule has 3 rings (SSSR count). The first-order valence-corrected chi connectivity index (χ1v) is 9.32. The molecule has 2 aromatic heterocycles. The van der Waals surface area contributed by atoms with Gasteiger partial charge in [0.1, 0.15) is 11.5 Å². The Morgan fingerprint density at radius 1 is 0.960 bits per heavy atom. The topological polar surface area (TPSA) is 59.9 Å². The van der Waals surface area contributed by atoms with E-state index in [0.29, 0.717) is 5.95 Å². The molecule has 6 heteroatoms. The summed E-state index contributed by atoms with van der Waals surface area (Å²) in [7, 11) is 0. The van der Waals surface area contributed by atoms with Gasteiger partial charge < -0.3 is 10.1 Å². The van der Waals surface area contributed by atoms with Crippen molar-refractivity contribution < 1.29 is 4.74 Å². The Morgan fingerprint density at radius 2 is 1.84 bits per heavy atom. The molecule has 0 atom stereocenters. The molecule has 128 valence electrons. The minimum atomic E-state index is 0.683. The van der Waals surface area contributed by atoms with Gasteiger partial charge in [0.15, 0.2) is 0 Å². The van der Waals surface area contributed by atoms with Crippen LogP contribution in [-0.2, 0) is 5.75 Å². The number of anilines is 1. The number of para-hydroxylation sites is 1. The molecule has 2 heterocycles. The second-order valence-electron chi connectivity index (χ2n) is 5.30. The SMILES string of the molecule is c1cnc(NCCCSCc2ccccc2Oc2cccnc2)nc1. The van der Waals surface area contributed by atoms with Crippen LogP contribution < -0.4 is 10.1 Å². The molecule has 0 saturated heterocycles. The lowest BCUT2D eigenvalue weighted by Crippen LogP contribution is -2.05. The Labute approximate surface area is 151 Å². The summed E-state index contributed by atoms with van der Waals surface area (Å²) in [5.74, 6) is 4.30. The largest absolute Gasteiger partial charge is 0.455 e. The number of hydrogen-bond donors (Lipinski definition) is 1. The van der Waals surface area contributed by atoms with Gasteiger partial charge in [-0.25, -0.2) is 9.97 Å². The molecule has 0 aliphatic carbocycles. The number of pyridine rings is 1. The third-order valence-corrected chi connectivity index (χ3v) is 4.50. The Hall–Kier alpha value is -2.60. The van der Waals surface area contributed by atoms with E-state index < -0.39 is 0 Å². The fourth-order valence-electron chi connectivity index (χ4n) is 2.20. The lowest BCUT2D eigenvalue weighted by atomic mass is 10.2. The second-order valence-corrected chi connectivity index (χ2v) is 6.41. The number of rotatable bonds is 9. The molecule has 0 saturated carbocycles. The van der Waals surface area contributed by atoms with E-state index in [1.807, 2.05) is 48.2 Å². The first-order chi connectivity index (χ1) is 12.4. The normalized spacial score (nSPS) is 10.4. The van der Waals surface area contributed by atoms with Gasteiger partial charge in [0.05, 0.1) is 6.20 Å². The minimum absolute atomic E-state index is 0.683. The quantitative estimate of drug-likeness (QED) is 0.576. The van der Waals surface area contributed by atoms with Crippen LogP contribution in [0.1, 0.15) is 12.0 Å². The Balaban J connectivity index is 1.42. The monoisotopic (exact) mass is 352 g/mol. The van der Waals surface area contributed by atoms with E-state index in [9.17, 15) is 0 Å². The highest BCUT2D eigenvalue weighted by Crippen LogP contribution is 2.27. The lowest BCUT2D eigenvalue weighted by molar-refractivity contribution is 0.476. The number of benzene rings is 1. The highest BCUT2D eigenvalue weighted by molar-refractivity contribution is 7.98. The molecule has 25 heavy (non-hydrogen) atoms. The van der Waals surface area contributed by atoms with Crippen molar-refractivity contribution >= 4 is 17.7 Å². The molecule has 1 N–H and O–H groups in total. The average Bonchev–Trinajstić information content (AvgIpc) is 2.67. The predicted octanol–water partition coefficient (Wildman–Crippen LogP) is 4.40. The average molecular weight is 352 g/mol. The summed E-state index contributed by atoms with van der Waals surface area (Å²) in [6.45, 7) is 0.866. The molecule has 0 amide bonds. The molecule has 3 aromatic rings. The van der Waals surface area contributed by atoms with Crippen molar-refractivity contribution in [2.24, 2.45) is 0 Å². The molecule has 0 aliphatic rings. The summed E-state index contributed by atoms with van der Waals surface area (Å²) in [5, 5.41) is 3.22. The van der Waals surface area contributed by atoms with E-state index >= 15 is 0 Å². The fourth-order valence-corrected chi connectivity index (χ4v) is 3.16. The van der Waals surface area contributed by atoms with Crippen LogP contribution in [0.15, 0.2) is 67.3 Å². The van der Waals surface area contributed by atoms with Crippen molar-refractivity contribution in [3.63, 3.8) is 0 Å². The van der Waals surface area contributed by atoms with Crippen molar-refractivity contribution in [2.45, 2.75) is 12.2 Å². The van der Waals surface area contributed by atoms with Gasteiger partial charge in [0, 0.05) is 36.5 Å². The molecular weight excluding hydrogens is 332 g/mol.